The SMILES string of the molecule is CCCC(OCC)c1nc2c(s1)C(=O)CC(C)(C)C2. The van der Waals surface area contributed by atoms with Crippen LogP contribution < -0.4 is 0 Å². The first-order valence-corrected chi connectivity index (χ1v) is 7.93. The van der Waals surface area contributed by atoms with E-state index in [4.69, 9.17) is 9.72 Å². The summed E-state index contributed by atoms with van der Waals surface area (Å²) in [6.07, 6.45) is 3.62. The van der Waals surface area contributed by atoms with E-state index >= 15 is 0 Å². The van der Waals surface area contributed by atoms with E-state index in [1.807, 2.05) is 6.92 Å². The van der Waals surface area contributed by atoms with Gasteiger partial charge in [-0.2, -0.15) is 0 Å². The summed E-state index contributed by atoms with van der Waals surface area (Å²) in [5, 5.41) is 0.986. The van der Waals surface area contributed by atoms with E-state index in [1.54, 1.807) is 11.3 Å². The van der Waals surface area contributed by atoms with E-state index in [2.05, 4.69) is 20.8 Å². The van der Waals surface area contributed by atoms with Crippen molar-refractivity contribution in [3.63, 3.8) is 0 Å². The van der Waals surface area contributed by atoms with Crippen molar-refractivity contribution in [1.29, 1.82) is 0 Å². The zero-order valence-corrected chi connectivity index (χ0v) is 13.1. The summed E-state index contributed by atoms with van der Waals surface area (Å²) in [5.74, 6) is 0.252. The van der Waals surface area contributed by atoms with Crippen LogP contribution in [-0.4, -0.2) is 17.4 Å². The highest BCUT2D eigenvalue weighted by molar-refractivity contribution is 7.14. The lowest BCUT2D eigenvalue weighted by Gasteiger charge is -2.26. The molecule has 1 aliphatic carbocycles. The number of hydrogen-bond donors (Lipinski definition) is 0. The van der Waals surface area contributed by atoms with Gasteiger partial charge >= 0.3 is 0 Å². The first-order valence-electron chi connectivity index (χ1n) is 7.11. The quantitative estimate of drug-likeness (QED) is 0.813. The lowest BCUT2D eigenvalue weighted by Crippen LogP contribution is -2.26. The highest BCUT2D eigenvalue weighted by Crippen LogP contribution is 2.39. The zero-order chi connectivity index (χ0) is 14.0. The van der Waals surface area contributed by atoms with E-state index < -0.39 is 0 Å². The number of fused-ring (bicyclic) bond motifs is 1. The Bertz CT molecular complexity index is 459. The molecule has 3 nitrogen and oxygen atoms in total. The van der Waals surface area contributed by atoms with Crippen LogP contribution in [0.2, 0.25) is 0 Å². The number of Topliss-reactive ketones (excluding diaryl/α,β-unsaturated/α-hetero) is 1. The Morgan fingerprint density at radius 1 is 1.37 bits per heavy atom. The smallest absolute Gasteiger partial charge is 0.175 e. The third kappa shape index (κ3) is 3.23. The third-order valence-electron chi connectivity index (χ3n) is 3.45. The van der Waals surface area contributed by atoms with Gasteiger partial charge in [-0.3, -0.25) is 4.79 Å². The van der Waals surface area contributed by atoms with Crippen LogP contribution in [0.15, 0.2) is 0 Å². The Labute approximate surface area is 119 Å². The third-order valence-corrected chi connectivity index (χ3v) is 4.68. The number of ether oxygens (including phenoxy) is 1. The van der Waals surface area contributed by atoms with Crippen molar-refractivity contribution in [2.45, 2.75) is 59.5 Å². The van der Waals surface area contributed by atoms with Crippen LogP contribution in [0, 0.1) is 5.41 Å². The fraction of sp³-hybridized carbons (Fsp3) is 0.733. The maximum Gasteiger partial charge on any atom is 0.175 e. The number of aromatic nitrogens is 1. The van der Waals surface area contributed by atoms with Crippen LogP contribution in [0.1, 0.15) is 73.4 Å². The Morgan fingerprint density at radius 2 is 2.11 bits per heavy atom. The number of ketones is 1. The minimum atomic E-state index is 0.0429. The van der Waals surface area contributed by atoms with Gasteiger partial charge in [0.25, 0.3) is 0 Å². The van der Waals surface area contributed by atoms with Gasteiger partial charge in [-0.25, -0.2) is 4.98 Å². The van der Waals surface area contributed by atoms with Crippen molar-refractivity contribution in [2.75, 3.05) is 6.61 Å². The molecule has 106 valence electrons. The average molecular weight is 281 g/mol. The van der Waals surface area contributed by atoms with Gasteiger partial charge in [0.1, 0.15) is 11.1 Å². The number of thiazole rings is 1. The second-order valence-electron chi connectivity index (χ2n) is 6.00. The standard InChI is InChI=1S/C15H23NO2S/c1-5-7-12(18-6-2)14-16-10-8-15(3,4)9-11(17)13(10)19-14/h12H,5-9H2,1-4H3. The van der Waals surface area contributed by atoms with E-state index in [0.717, 1.165) is 34.8 Å². The normalized spacial score (nSPS) is 19.3. The molecule has 0 aromatic carbocycles. The zero-order valence-electron chi connectivity index (χ0n) is 12.3. The molecule has 0 N–H and O–H groups in total. The van der Waals surface area contributed by atoms with Gasteiger partial charge in [-0.15, -0.1) is 11.3 Å². The highest BCUT2D eigenvalue weighted by Gasteiger charge is 2.34. The first-order chi connectivity index (χ1) is 8.96. The number of hydrogen-bond acceptors (Lipinski definition) is 4. The van der Waals surface area contributed by atoms with Gasteiger partial charge in [-0.1, -0.05) is 27.2 Å². The molecule has 1 aromatic heterocycles. The molecule has 19 heavy (non-hydrogen) atoms. The molecule has 0 aliphatic heterocycles. The summed E-state index contributed by atoms with van der Waals surface area (Å²) in [6, 6.07) is 0. The molecule has 0 bridgehead atoms. The molecule has 0 saturated heterocycles. The minimum absolute atomic E-state index is 0.0429. The molecule has 4 heteroatoms. The highest BCUT2D eigenvalue weighted by atomic mass is 32.1. The molecular weight excluding hydrogens is 258 g/mol. The largest absolute Gasteiger partial charge is 0.371 e. The van der Waals surface area contributed by atoms with Crippen molar-refractivity contribution in [1.82, 2.24) is 4.98 Å². The molecule has 2 rings (SSSR count). The van der Waals surface area contributed by atoms with Crippen LogP contribution in [0.5, 0.6) is 0 Å². The Balaban J connectivity index is 2.28. The van der Waals surface area contributed by atoms with Crippen LogP contribution in [-0.2, 0) is 11.2 Å². The summed E-state index contributed by atoms with van der Waals surface area (Å²) in [5.41, 5.74) is 1.03. The average Bonchev–Trinajstić information content (AvgIpc) is 2.71. The van der Waals surface area contributed by atoms with Crippen LogP contribution in [0.25, 0.3) is 0 Å². The van der Waals surface area contributed by atoms with Crippen molar-refractivity contribution >= 4 is 17.1 Å². The van der Waals surface area contributed by atoms with Crippen LogP contribution in [0.3, 0.4) is 0 Å². The number of nitrogens with zero attached hydrogens (tertiary/aromatic N) is 1. The second-order valence-corrected chi connectivity index (χ2v) is 7.03. The molecule has 0 amide bonds. The fourth-order valence-corrected chi connectivity index (χ4v) is 3.72. The summed E-state index contributed by atoms with van der Waals surface area (Å²) in [4.78, 5) is 17.8. The summed E-state index contributed by atoms with van der Waals surface area (Å²) >= 11 is 1.55. The van der Waals surface area contributed by atoms with Crippen molar-refractivity contribution < 1.29 is 9.53 Å². The predicted molar refractivity (Wildman–Crippen MR) is 77.8 cm³/mol. The maximum absolute atomic E-state index is 12.2. The molecule has 0 radical (unpaired) electrons. The molecule has 0 saturated carbocycles. The Hall–Kier alpha value is -0.740. The van der Waals surface area contributed by atoms with E-state index in [-0.39, 0.29) is 17.3 Å². The molecular formula is C15H23NO2S. The van der Waals surface area contributed by atoms with Gasteiger partial charge < -0.3 is 4.74 Å². The number of carbonyl (C=O) groups excluding carboxylic acids is 1. The van der Waals surface area contributed by atoms with Gasteiger partial charge in [0.15, 0.2) is 5.78 Å². The Kier molecular flexibility index (Phi) is 4.41. The molecule has 1 aliphatic rings. The second kappa shape index (κ2) is 5.71. The first kappa shape index (κ1) is 14.7. The minimum Gasteiger partial charge on any atom is -0.371 e. The van der Waals surface area contributed by atoms with Crippen LogP contribution in [0.4, 0.5) is 0 Å². The summed E-state index contributed by atoms with van der Waals surface area (Å²) < 4.78 is 5.77. The fourth-order valence-electron chi connectivity index (χ4n) is 2.62. The lowest BCUT2D eigenvalue weighted by molar-refractivity contribution is 0.0553. The van der Waals surface area contributed by atoms with Crippen molar-refractivity contribution in [2.24, 2.45) is 5.41 Å². The van der Waals surface area contributed by atoms with Gasteiger partial charge in [-0.05, 0) is 25.2 Å². The topological polar surface area (TPSA) is 39.2 Å². The lowest BCUT2D eigenvalue weighted by atomic mass is 9.78. The van der Waals surface area contributed by atoms with Crippen molar-refractivity contribution in [3.05, 3.63) is 15.6 Å². The van der Waals surface area contributed by atoms with Gasteiger partial charge in [0.05, 0.1) is 10.6 Å². The molecule has 0 fully saturated rings. The van der Waals surface area contributed by atoms with Crippen LogP contribution >= 0.6 is 11.3 Å². The number of rotatable bonds is 5. The molecule has 1 heterocycles. The molecule has 0 spiro atoms. The van der Waals surface area contributed by atoms with E-state index in [9.17, 15) is 4.79 Å². The predicted octanol–water partition coefficient (Wildman–Crippen LogP) is 4.18. The maximum atomic E-state index is 12.2. The van der Waals surface area contributed by atoms with E-state index in [0.29, 0.717) is 13.0 Å². The van der Waals surface area contributed by atoms with Gasteiger partial charge in [0, 0.05) is 13.0 Å². The molecule has 1 atom stereocenters. The monoisotopic (exact) mass is 281 g/mol. The number of carbonyl (C=O) groups is 1. The van der Waals surface area contributed by atoms with E-state index in [1.165, 1.54) is 0 Å². The molecule has 1 aromatic rings. The van der Waals surface area contributed by atoms with Gasteiger partial charge in [0.2, 0.25) is 0 Å². The Morgan fingerprint density at radius 3 is 2.74 bits per heavy atom. The summed E-state index contributed by atoms with van der Waals surface area (Å²) in [6.45, 7) is 9.12. The molecule has 1 unspecified atom stereocenters. The van der Waals surface area contributed by atoms with Crippen molar-refractivity contribution in [3.8, 4) is 0 Å². The summed E-state index contributed by atoms with van der Waals surface area (Å²) in [7, 11) is 0.